The van der Waals surface area contributed by atoms with E-state index < -0.39 is 0 Å². The van der Waals surface area contributed by atoms with Crippen molar-refractivity contribution in [3.8, 4) is 11.6 Å². The fraction of sp³-hybridized carbons (Fsp3) is 0.231. The summed E-state index contributed by atoms with van der Waals surface area (Å²) in [6.45, 7) is 4.52. The molecular formula is C13H12Cl3N3O. The predicted molar refractivity (Wildman–Crippen MR) is 82.5 cm³/mol. The van der Waals surface area contributed by atoms with Crippen molar-refractivity contribution in [1.82, 2.24) is 9.97 Å². The van der Waals surface area contributed by atoms with Crippen LogP contribution in [0.3, 0.4) is 0 Å². The second kappa shape index (κ2) is 6.48. The summed E-state index contributed by atoms with van der Waals surface area (Å²) < 4.78 is 5.65. The van der Waals surface area contributed by atoms with Crippen molar-refractivity contribution >= 4 is 40.6 Å². The molecule has 1 aromatic carbocycles. The fourth-order valence-corrected chi connectivity index (χ4v) is 2.13. The van der Waals surface area contributed by atoms with Gasteiger partial charge in [0, 0.05) is 18.7 Å². The standard InChI is InChI=1S/C13H12Cl3N3O/c1-3-17-12-6-13(19-7(2)18-12)20-11-5-9(15)8(14)4-10(11)16/h4-6H,3H2,1-2H3,(H,17,18,19). The molecule has 0 atom stereocenters. The monoisotopic (exact) mass is 331 g/mol. The Bertz CT molecular complexity index is 634. The van der Waals surface area contributed by atoms with Crippen molar-refractivity contribution in [2.45, 2.75) is 13.8 Å². The Hall–Kier alpha value is -1.23. The van der Waals surface area contributed by atoms with Crippen molar-refractivity contribution in [2.75, 3.05) is 11.9 Å². The molecule has 0 saturated heterocycles. The van der Waals surface area contributed by atoms with E-state index in [1.165, 1.54) is 6.07 Å². The van der Waals surface area contributed by atoms with Gasteiger partial charge >= 0.3 is 0 Å². The van der Waals surface area contributed by atoms with Crippen molar-refractivity contribution in [3.05, 3.63) is 39.1 Å². The molecular weight excluding hydrogens is 321 g/mol. The molecule has 0 aliphatic rings. The summed E-state index contributed by atoms with van der Waals surface area (Å²) in [5, 5.41) is 4.20. The van der Waals surface area contributed by atoms with E-state index >= 15 is 0 Å². The SMILES string of the molecule is CCNc1cc(Oc2cc(Cl)c(Cl)cc2Cl)nc(C)n1. The van der Waals surface area contributed by atoms with E-state index in [1.807, 2.05) is 6.92 Å². The zero-order valence-electron chi connectivity index (χ0n) is 10.9. The highest BCUT2D eigenvalue weighted by Crippen LogP contribution is 2.36. The third-order valence-electron chi connectivity index (χ3n) is 2.36. The number of anilines is 1. The molecule has 0 amide bonds. The molecule has 0 aliphatic heterocycles. The van der Waals surface area contributed by atoms with E-state index in [0.29, 0.717) is 38.3 Å². The van der Waals surface area contributed by atoms with Gasteiger partial charge in [0.2, 0.25) is 5.88 Å². The van der Waals surface area contributed by atoms with Gasteiger partial charge in [-0.15, -0.1) is 0 Å². The quantitative estimate of drug-likeness (QED) is 0.803. The smallest absolute Gasteiger partial charge is 0.224 e. The first-order chi connectivity index (χ1) is 9.49. The van der Waals surface area contributed by atoms with Crippen LogP contribution in [0.4, 0.5) is 5.82 Å². The van der Waals surface area contributed by atoms with Crippen molar-refractivity contribution in [1.29, 1.82) is 0 Å². The minimum atomic E-state index is 0.362. The zero-order chi connectivity index (χ0) is 14.7. The number of hydrogen-bond donors (Lipinski definition) is 1. The molecule has 4 nitrogen and oxygen atoms in total. The van der Waals surface area contributed by atoms with Gasteiger partial charge in [0.25, 0.3) is 0 Å². The molecule has 0 bridgehead atoms. The lowest BCUT2D eigenvalue weighted by Gasteiger charge is -2.10. The number of rotatable bonds is 4. The van der Waals surface area contributed by atoms with Crippen LogP contribution < -0.4 is 10.1 Å². The summed E-state index contributed by atoms with van der Waals surface area (Å²) >= 11 is 17.9. The Morgan fingerprint density at radius 2 is 1.75 bits per heavy atom. The maximum absolute atomic E-state index is 6.07. The minimum Gasteiger partial charge on any atom is -0.437 e. The molecule has 0 saturated carbocycles. The number of nitrogens with one attached hydrogen (secondary N) is 1. The van der Waals surface area contributed by atoms with Crippen LogP contribution in [0.2, 0.25) is 15.1 Å². The van der Waals surface area contributed by atoms with Crippen LogP contribution in [0.1, 0.15) is 12.7 Å². The fourth-order valence-electron chi connectivity index (χ4n) is 1.56. The molecule has 7 heteroatoms. The molecule has 2 aromatic rings. The Kier molecular flexibility index (Phi) is 4.91. The molecule has 20 heavy (non-hydrogen) atoms. The number of benzene rings is 1. The number of halogens is 3. The van der Waals surface area contributed by atoms with E-state index in [-0.39, 0.29) is 0 Å². The lowest BCUT2D eigenvalue weighted by Crippen LogP contribution is -2.02. The summed E-state index contributed by atoms with van der Waals surface area (Å²) in [6.07, 6.45) is 0. The van der Waals surface area contributed by atoms with E-state index in [4.69, 9.17) is 39.5 Å². The number of nitrogens with zero attached hydrogens (tertiary/aromatic N) is 2. The summed E-state index contributed by atoms with van der Waals surface area (Å²) in [5.41, 5.74) is 0. The predicted octanol–water partition coefficient (Wildman–Crippen LogP) is 4.97. The van der Waals surface area contributed by atoms with Gasteiger partial charge in [0.05, 0.1) is 15.1 Å². The van der Waals surface area contributed by atoms with Gasteiger partial charge in [-0.05, 0) is 19.9 Å². The second-order valence-corrected chi connectivity index (χ2v) is 5.19. The van der Waals surface area contributed by atoms with Crippen LogP contribution >= 0.6 is 34.8 Å². The normalized spacial score (nSPS) is 10.4. The molecule has 1 N–H and O–H groups in total. The molecule has 1 aromatic heterocycles. The van der Waals surface area contributed by atoms with Gasteiger partial charge in [-0.25, -0.2) is 4.98 Å². The number of ether oxygens (including phenoxy) is 1. The molecule has 0 radical (unpaired) electrons. The highest BCUT2D eigenvalue weighted by Gasteiger charge is 2.10. The molecule has 0 fully saturated rings. The molecule has 0 unspecified atom stereocenters. The van der Waals surface area contributed by atoms with Gasteiger partial charge in [-0.1, -0.05) is 34.8 Å². The Balaban J connectivity index is 2.32. The van der Waals surface area contributed by atoms with Crippen LogP contribution in [0, 0.1) is 6.92 Å². The van der Waals surface area contributed by atoms with Crippen LogP contribution in [0.5, 0.6) is 11.6 Å². The van der Waals surface area contributed by atoms with Gasteiger partial charge in [-0.3, -0.25) is 0 Å². The van der Waals surface area contributed by atoms with Crippen LogP contribution in [-0.2, 0) is 0 Å². The third-order valence-corrected chi connectivity index (χ3v) is 3.38. The summed E-state index contributed by atoms with van der Waals surface area (Å²) in [5.74, 6) is 2.05. The van der Waals surface area contributed by atoms with Crippen molar-refractivity contribution in [2.24, 2.45) is 0 Å². The molecule has 2 rings (SSSR count). The van der Waals surface area contributed by atoms with Gasteiger partial charge in [-0.2, -0.15) is 4.98 Å². The first-order valence-electron chi connectivity index (χ1n) is 5.91. The van der Waals surface area contributed by atoms with Gasteiger partial charge in [0.1, 0.15) is 17.4 Å². The summed E-state index contributed by atoms with van der Waals surface area (Å²) in [4.78, 5) is 8.43. The maximum atomic E-state index is 6.07. The lowest BCUT2D eigenvalue weighted by atomic mass is 10.3. The first-order valence-corrected chi connectivity index (χ1v) is 7.05. The third kappa shape index (κ3) is 3.66. The highest BCUT2D eigenvalue weighted by atomic mass is 35.5. The Morgan fingerprint density at radius 1 is 1.05 bits per heavy atom. The number of aryl methyl sites for hydroxylation is 1. The van der Waals surface area contributed by atoms with E-state index in [2.05, 4.69) is 15.3 Å². The van der Waals surface area contributed by atoms with Crippen molar-refractivity contribution in [3.63, 3.8) is 0 Å². The Morgan fingerprint density at radius 3 is 2.45 bits per heavy atom. The summed E-state index contributed by atoms with van der Waals surface area (Å²) in [6, 6.07) is 4.77. The molecule has 1 heterocycles. The summed E-state index contributed by atoms with van der Waals surface area (Å²) in [7, 11) is 0. The van der Waals surface area contributed by atoms with Crippen LogP contribution in [0.25, 0.3) is 0 Å². The largest absolute Gasteiger partial charge is 0.437 e. The Labute approximate surface area is 132 Å². The van der Waals surface area contributed by atoms with E-state index in [0.717, 1.165) is 6.54 Å². The average Bonchev–Trinajstić information content (AvgIpc) is 2.35. The van der Waals surface area contributed by atoms with Gasteiger partial charge in [0.15, 0.2) is 0 Å². The molecule has 0 aliphatic carbocycles. The lowest BCUT2D eigenvalue weighted by molar-refractivity contribution is 0.460. The van der Waals surface area contributed by atoms with Crippen LogP contribution in [-0.4, -0.2) is 16.5 Å². The van der Waals surface area contributed by atoms with E-state index in [9.17, 15) is 0 Å². The van der Waals surface area contributed by atoms with E-state index in [1.54, 1.807) is 19.1 Å². The number of aromatic nitrogens is 2. The number of hydrogen-bond acceptors (Lipinski definition) is 4. The first kappa shape index (κ1) is 15.2. The highest BCUT2D eigenvalue weighted by molar-refractivity contribution is 6.43. The zero-order valence-corrected chi connectivity index (χ0v) is 13.1. The maximum Gasteiger partial charge on any atom is 0.224 e. The average molecular weight is 333 g/mol. The topological polar surface area (TPSA) is 47.0 Å². The second-order valence-electron chi connectivity index (χ2n) is 3.97. The van der Waals surface area contributed by atoms with Crippen molar-refractivity contribution < 1.29 is 4.74 Å². The molecule has 106 valence electrons. The van der Waals surface area contributed by atoms with Gasteiger partial charge < -0.3 is 10.1 Å². The molecule has 0 spiro atoms. The van der Waals surface area contributed by atoms with Crippen LogP contribution in [0.15, 0.2) is 18.2 Å². The minimum absolute atomic E-state index is 0.362.